The van der Waals surface area contributed by atoms with Crippen molar-refractivity contribution in [1.29, 1.82) is 0 Å². The molecule has 1 aromatic carbocycles. The first-order chi connectivity index (χ1) is 14.3. The van der Waals surface area contributed by atoms with Crippen LogP contribution in [0, 0.1) is 0 Å². The quantitative estimate of drug-likeness (QED) is 0.682. The molecule has 0 spiro atoms. The summed E-state index contributed by atoms with van der Waals surface area (Å²) < 4.78 is 10.8. The van der Waals surface area contributed by atoms with Crippen molar-refractivity contribution < 1.29 is 19.4 Å². The van der Waals surface area contributed by atoms with Crippen LogP contribution in [-0.4, -0.2) is 46.9 Å². The normalized spacial score (nSPS) is 14.7. The molecule has 7 heteroatoms. The number of aliphatic hydroxyl groups is 1. The lowest BCUT2D eigenvalue weighted by Gasteiger charge is -2.34. The van der Waals surface area contributed by atoms with Gasteiger partial charge in [-0.05, 0) is 57.4 Å². The van der Waals surface area contributed by atoms with E-state index in [1.54, 1.807) is 18.2 Å². The number of nitrogens with one attached hydrogen (secondary N) is 1. The highest BCUT2D eigenvalue weighted by Gasteiger charge is 2.53. The van der Waals surface area contributed by atoms with Gasteiger partial charge in [-0.25, -0.2) is 9.78 Å². The number of benzene rings is 1. The summed E-state index contributed by atoms with van der Waals surface area (Å²) in [5, 5.41) is 13.0. The molecule has 7 nitrogen and oxygen atoms in total. The molecule has 1 saturated carbocycles. The number of carbonyl (C=O) groups excluding carboxylic acids is 1. The SMILES string of the molecule is COc1ccc(CNc2ncccc2C2(N(CCO)C(=O)OC(C)(C)C)CC2)cc1. The van der Waals surface area contributed by atoms with Crippen LogP contribution in [0.25, 0.3) is 0 Å². The van der Waals surface area contributed by atoms with Crippen molar-refractivity contribution in [2.75, 3.05) is 25.6 Å². The molecule has 1 fully saturated rings. The fourth-order valence-electron chi connectivity index (χ4n) is 3.55. The zero-order valence-electron chi connectivity index (χ0n) is 18.1. The lowest BCUT2D eigenvalue weighted by Crippen LogP contribution is -2.45. The molecule has 0 bridgehead atoms. The summed E-state index contributed by atoms with van der Waals surface area (Å²) in [6.07, 6.45) is 2.92. The molecule has 0 atom stereocenters. The van der Waals surface area contributed by atoms with E-state index in [9.17, 15) is 9.90 Å². The van der Waals surface area contributed by atoms with E-state index in [2.05, 4.69) is 10.3 Å². The van der Waals surface area contributed by atoms with Gasteiger partial charge in [0.1, 0.15) is 17.2 Å². The Kier molecular flexibility index (Phi) is 6.51. The predicted octanol–water partition coefficient (Wildman–Crippen LogP) is 3.92. The van der Waals surface area contributed by atoms with Crippen LogP contribution in [0.2, 0.25) is 0 Å². The molecular weight excluding hydrogens is 382 g/mol. The summed E-state index contributed by atoms with van der Waals surface area (Å²) in [5.74, 6) is 1.54. The molecule has 3 rings (SSSR count). The number of ether oxygens (including phenoxy) is 2. The topological polar surface area (TPSA) is 83.9 Å². The van der Waals surface area contributed by atoms with Crippen molar-refractivity contribution in [2.45, 2.75) is 51.3 Å². The van der Waals surface area contributed by atoms with Crippen molar-refractivity contribution in [2.24, 2.45) is 0 Å². The Balaban J connectivity index is 1.82. The molecule has 0 aliphatic heterocycles. The van der Waals surface area contributed by atoms with E-state index in [4.69, 9.17) is 9.47 Å². The smallest absolute Gasteiger partial charge is 0.411 e. The number of pyridine rings is 1. The number of aliphatic hydroxyl groups excluding tert-OH is 1. The van der Waals surface area contributed by atoms with Gasteiger partial charge >= 0.3 is 6.09 Å². The molecule has 1 aliphatic carbocycles. The van der Waals surface area contributed by atoms with Crippen molar-refractivity contribution in [3.05, 3.63) is 53.7 Å². The number of nitrogens with zero attached hydrogens (tertiary/aromatic N) is 2. The second-order valence-electron chi connectivity index (χ2n) is 8.49. The number of carbonyl (C=O) groups is 1. The van der Waals surface area contributed by atoms with Gasteiger partial charge in [-0.3, -0.25) is 4.90 Å². The lowest BCUT2D eigenvalue weighted by molar-refractivity contribution is 0.00823. The Morgan fingerprint density at radius 1 is 1.23 bits per heavy atom. The van der Waals surface area contributed by atoms with Crippen LogP contribution in [0.1, 0.15) is 44.7 Å². The Bertz CT molecular complexity index is 857. The van der Waals surface area contributed by atoms with Crippen molar-refractivity contribution >= 4 is 11.9 Å². The second kappa shape index (κ2) is 8.92. The third-order valence-electron chi connectivity index (χ3n) is 5.11. The van der Waals surface area contributed by atoms with E-state index in [-0.39, 0.29) is 13.2 Å². The minimum Gasteiger partial charge on any atom is -0.497 e. The molecule has 30 heavy (non-hydrogen) atoms. The van der Waals surface area contributed by atoms with Gasteiger partial charge in [0.05, 0.1) is 19.3 Å². The second-order valence-corrected chi connectivity index (χ2v) is 8.49. The van der Waals surface area contributed by atoms with Crippen LogP contribution in [-0.2, 0) is 16.8 Å². The maximum Gasteiger partial charge on any atom is 0.411 e. The largest absolute Gasteiger partial charge is 0.497 e. The third-order valence-corrected chi connectivity index (χ3v) is 5.11. The van der Waals surface area contributed by atoms with Gasteiger partial charge in [-0.2, -0.15) is 0 Å². The van der Waals surface area contributed by atoms with Crippen LogP contribution in [0.3, 0.4) is 0 Å². The number of hydrogen-bond acceptors (Lipinski definition) is 6. The summed E-state index contributed by atoms with van der Waals surface area (Å²) in [4.78, 5) is 19.1. The highest BCUT2D eigenvalue weighted by atomic mass is 16.6. The maximum absolute atomic E-state index is 12.9. The number of methoxy groups -OCH3 is 1. The fraction of sp³-hybridized carbons (Fsp3) is 0.478. The average molecular weight is 414 g/mol. The molecule has 1 aromatic heterocycles. The van der Waals surface area contributed by atoms with E-state index in [0.717, 1.165) is 35.5 Å². The molecule has 1 heterocycles. The van der Waals surface area contributed by atoms with E-state index in [0.29, 0.717) is 6.54 Å². The highest BCUT2D eigenvalue weighted by molar-refractivity contribution is 5.71. The standard InChI is InChI=1S/C23H31N3O4/c1-22(2,3)30-21(28)26(14-15-27)23(11-12-23)19-6-5-13-24-20(19)25-16-17-7-9-18(29-4)10-8-17/h5-10,13,27H,11-12,14-16H2,1-4H3,(H,24,25). The number of aromatic nitrogens is 1. The first-order valence-corrected chi connectivity index (χ1v) is 10.2. The third kappa shape index (κ3) is 5.02. The molecule has 2 aromatic rings. The Morgan fingerprint density at radius 3 is 2.50 bits per heavy atom. The van der Waals surface area contributed by atoms with E-state index >= 15 is 0 Å². The van der Waals surface area contributed by atoms with Crippen LogP contribution >= 0.6 is 0 Å². The lowest BCUT2D eigenvalue weighted by atomic mass is 10.0. The molecule has 162 valence electrons. The van der Waals surface area contributed by atoms with Crippen LogP contribution in [0.5, 0.6) is 5.75 Å². The van der Waals surface area contributed by atoms with E-state index in [1.807, 2.05) is 57.2 Å². The maximum atomic E-state index is 12.9. The van der Waals surface area contributed by atoms with Crippen LogP contribution in [0.4, 0.5) is 10.6 Å². The predicted molar refractivity (Wildman–Crippen MR) is 115 cm³/mol. The number of anilines is 1. The summed E-state index contributed by atoms with van der Waals surface area (Å²) in [7, 11) is 1.64. The van der Waals surface area contributed by atoms with Crippen LogP contribution < -0.4 is 10.1 Å². The molecule has 0 saturated heterocycles. The average Bonchev–Trinajstić information content (AvgIpc) is 3.51. The van der Waals surface area contributed by atoms with Gasteiger partial charge in [-0.1, -0.05) is 18.2 Å². The first kappa shape index (κ1) is 21.9. The summed E-state index contributed by atoms with van der Waals surface area (Å²) in [6.45, 7) is 6.20. The minimum absolute atomic E-state index is 0.129. The molecule has 0 radical (unpaired) electrons. The summed E-state index contributed by atoms with van der Waals surface area (Å²) in [6, 6.07) is 11.7. The van der Waals surface area contributed by atoms with E-state index < -0.39 is 17.2 Å². The number of amides is 1. The fourth-order valence-corrected chi connectivity index (χ4v) is 3.55. The molecule has 0 unspecified atom stereocenters. The number of rotatable bonds is 8. The number of hydrogen-bond donors (Lipinski definition) is 2. The molecule has 1 aliphatic rings. The Hall–Kier alpha value is -2.80. The Morgan fingerprint density at radius 2 is 1.93 bits per heavy atom. The highest BCUT2D eigenvalue weighted by Crippen LogP contribution is 2.53. The molecule has 2 N–H and O–H groups in total. The zero-order valence-corrected chi connectivity index (χ0v) is 18.1. The Labute approximate surface area is 178 Å². The summed E-state index contributed by atoms with van der Waals surface area (Å²) >= 11 is 0. The van der Waals surface area contributed by atoms with Crippen molar-refractivity contribution in [1.82, 2.24) is 9.88 Å². The molecular formula is C23H31N3O4. The van der Waals surface area contributed by atoms with Crippen molar-refractivity contribution in [3.8, 4) is 5.75 Å². The van der Waals surface area contributed by atoms with Gasteiger partial charge in [-0.15, -0.1) is 0 Å². The molecule has 1 amide bonds. The van der Waals surface area contributed by atoms with E-state index in [1.165, 1.54) is 0 Å². The van der Waals surface area contributed by atoms with Crippen LogP contribution in [0.15, 0.2) is 42.6 Å². The monoisotopic (exact) mass is 413 g/mol. The summed E-state index contributed by atoms with van der Waals surface area (Å²) in [5.41, 5.74) is 0.918. The van der Waals surface area contributed by atoms with Gasteiger partial charge < -0.3 is 19.9 Å². The van der Waals surface area contributed by atoms with Gasteiger partial charge in [0.15, 0.2) is 0 Å². The van der Waals surface area contributed by atoms with Crippen molar-refractivity contribution in [3.63, 3.8) is 0 Å². The zero-order chi connectivity index (χ0) is 21.8. The van der Waals surface area contributed by atoms with Gasteiger partial charge in [0, 0.05) is 24.8 Å². The van der Waals surface area contributed by atoms with Gasteiger partial charge in [0.25, 0.3) is 0 Å². The minimum atomic E-state index is -0.606. The van der Waals surface area contributed by atoms with Gasteiger partial charge in [0.2, 0.25) is 0 Å². The first-order valence-electron chi connectivity index (χ1n) is 10.2.